The molecule has 1 N–H and O–H groups in total. The fraction of sp³-hybridized carbons (Fsp3) is 0.571. The van der Waals surface area contributed by atoms with E-state index in [2.05, 4.69) is 5.32 Å². The van der Waals surface area contributed by atoms with Gasteiger partial charge < -0.3 is 14.8 Å². The Hall–Kier alpha value is -1.38. The van der Waals surface area contributed by atoms with Crippen molar-refractivity contribution in [3.05, 3.63) is 18.2 Å². The Labute approximate surface area is 102 Å². The maximum Gasteiger partial charge on any atom is 0.147 e. The molecule has 92 valence electrons. The first-order valence-electron chi connectivity index (χ1n) is 6.43. The Morgan fingerprint density at radius 2 is 2.06 bits per heavy atom. The molecule has 0 unspecified atom stereocenters. The monoisotopic (exact) mass is 233 g/mol. The molecule has 0 bridgehead atoms. The van der Waals surface area contributed by atoms with Crippen molar-refractivity contribution in [3.8, 4) is 11.5 Å². The number of hydrogen-bond acceptors (Lipinski definition) is 3. The van der Waals surface area contributed by atoms with Gasteiger partial charge in [0, 0.05) is 0 Å². The van der Waals surface area contributed by atoms with Gasteiger partial charge in [0.15, 0.2) is 0 Å². The van der Waals surface area contributed by atoms with Gasteiger partial charge in [0.05, 0.1) is 13.7 Å². The van der Waals surface area contributed by atoms with E-state index in [4.69, 9.17) is 9.47 Å². The number of nitrogens with one attached hydrogen (secondary N) is 1. The lowest BCUT2D eigenvalue weighted by molar-refractivity contribution is 0.0366. The second-order valence-electron chi connectivity index (χ2n) is 5.03. The normalized spacial score (nSPS) is 21.2. The highest BCUT2D eigenvalue weighted by Crippen LogP contribution is 2.43. The van der Waals surface area contributed by atoms with Gasteiger partial charge in [-0.25, -0.2) is 0 Å². The lowest BCUT2D eigenvalue weighted by Crippen LogP contribution is -2.47. The van der Waals surface area contributed by atoms with Gasteiger partial charge in [-0.05, 0) is 37.8 Å². The standard InChI is InChI=1S/C14H19NO2/c1-16-11-6-5-7-12-13(11)15-10-14(17-12)8-3-2-4-9-14/h5-7,15H,2-4,8-10H2,1H3. The van der Waals surface area contributed by atoms with Crippen LogP contribution in [-0.2, 0) is 0 Å². The molecule has 1 aromatic rings. The predicted molar refractivity (Wildman–Crippen MR) is 67.9 cm³/mol. The number of para-hydroxylation sites is 1. The minimum atomic E-state index is 0.0254. The van der Waals surface area contributed by atoms with Gasteiger partial charge in [0.25, 0.3) is 0 Å². The summed E-state index contributed by atoms with van der Waals surface area (Å²) in [5.41, 5.74) is 1.03. The molecule has 17 heavy (non-hydrogen) atoms. The molecule has 1 aliphatic carbocycles. The Morgan fingerprint density at radius 3 is 2.82 bits per heavy atom. The van der Waals surface area contributed by atoms with E-state index in [9.17, 15) is 0 Å². The highest BCUT2D eigenvalue weighted by molar-refractivity contribution is 5.67. The molecule has 1 heterocycles. The van der Waals surface area contributed by atoms with Crippen LogP contribution < -0.4 is 14.8 Å². The Bertz CT molecular complexity index is 411. The molecule has 0 saturated heterocycles. The second kappa shape index (κ2) is 4.13. The first-order chi connectivity index (χ1) is 8.33. The average Bonchev–Trinajstić information content (AvgIpc) is 2.38. The van der Waals surface area contributed by atoms with Crippen molar-refractivity contribution in [1.82, 2.24) is 0 Å². The van der Waals surface area contributed by atoms with Crippen LogP contribution in [0.25, 0.3) is 0 Å². The van der Waals surface area contributed by atoms with E-state index < -0.39 is 0 Å². The van der Waals surface area contributed by atoms with Gasteiger partial charge in [-0.1, -0.05) is 12.5 Å². The molecular formula is C14H19NO2. The van der Waals surface area contributed by atoms with Crippen LogP contribution in [0.1, 0.15) is 32.1 Å². The summed E-state index contributed by atoms with van der Waals surface area (Å²) in [6, 6.07) is 5.98. The molecule has 0 aromatic heterocycles. The van der Waals surface area contributed by atoms with Crippen molar-refractivity contribution in [2.24, 2.45) is 0 Å². The van der Waals surface area contributed by atoms with Crippen molar-refractivity contribution in [2.45, 2.75) is 37.7 Å². The Balaban J connectivity index is 1.90. The first-order valence-corrected chi connectivity index (χ1v) is 6.43. The molecule has 0 radical (unpaired) electrons. The van der Waals surface area contributed by atoms with Crippen LogP contribution in [0.5, 0.6) is 11.5 Å². The largest absolute Gasteiger partial charge is 0.494 e. The van der Waals surface area contributed by atoms with E-state index in [1.165, 1.54) is 19.3 Å². The summed E-state index contributed by atoms with van der Waals surface area (Å²) in [5, 5.41) is 3.49. The van der Waals surface area contributed by atoms with E-state index in [-0.39, 0.29) is 5.60 Å². The van der Waals surface area contributed by atoms with Crippen LogP contribution in [0, 0.1) is 0 Å². The lowest BCUT2D eigenvalue weighted by Gasteiger charge is -2.42. The number of benzene rings is 1. The highest BCUT2D eigenvalue weighted by atomic mass is 16.5. The third kappa shape index (κ3) is 1.84. The zero-order chi connectivity index (χ0) is 11.7. The minimum Gasteiger partial charge on any atom is -0.494 e. The Morgan fingerprint density at radius 1 is 1.24 bits per heavy atom. The maximum atomic E-state index is 6.26. The molecule has 0 atom stereocenters. The van der Waals surface area contributed by atoms with Gasteiger partial charge in [-0.15, -0.1) is 0 Å². The molecule has 1 aliphatic heterocycles. The van der Waals surface area contributed by atoms with Gasteiger partial charge in [0.1, 0.15) is 22.8 Å². The molecule has 1 aromatic carbocycles. The van der Waals surface area contributed by atoms with E-state index in [1.54, 1.807) is 7.11 Å². The number of methoxy groups -OCH3 is 1. The maximum absolute atomic E-state index is 6.26. The zero-order valence-electron chi connectivity index (χ0n) is 10.3. The third-order valence-corrected chi connectivity index (χ3v) is 3.89. The van der Waals surface area contributed by atoms with Crippen LogP contribution in [0.4, 0.5) is 5.69 Å². The number of fused-ring (bicyclic) bond motifs is 1. The van der Waals surface area contributed by atoms with E-state index in [0.29, 0.717) is 0 Å². The quantitative estimate of drug-likeness (QED) is 0.808. The first kappa shape index (κ1) is 10.8. The van der Waals surface area contributed by atoms with E-state index >= 15 is 0 Å². The molecule has 1 fully saturated rings. The summed E-state index contributed by atoms with van der Waals surface area (Å²) in [6.07, 6.45) is 6.23. The number of rotatable bonds is 1. The van der Waals surface area contributed by atoms with Gasteiger partial charge in [-0.2, -0.15) is 0 Å². The average molecular weight is 233 g/mol. The molecule has 0 amide bonds. The number of ether oxygens (including phenoxy) is 2. The molecule has 3 nitrogen and oxygen atoms in total. The van der Waals surface area contributed by atoms with Crippen LogP contribution in [0.2, 0.25) is 0 Å². The smallest absolute Gasteiger partial charge is 0.147 e. The van der Waals surface area contributed by atoms with Gasteiger partial charge in [-0.3, -0.25) is 0 Å². The minimum absolute atomic E-state index is 0.0254. The summed E-state index contributed by atoms with van der Waals surface area (Å²) in [5.74, 6) is 1.81. The van der Waals surface area contributed by atoms with Crippen molar-refractivity contribution in [3.63, 3.8) is 0 Å². The zero-order valence-corrected chi connectivity index (χ0v) is 10.3. The molecule has 3 rings (SSSR count). The number of anilines is 1. The van der Waals surface area contributed by atoms with Crippen LogP contribution in [-0.4, -0.2) is 19.3 Å². The van der Waals surface area contributed by atoms with E-state index in [0.717, 1.165) is 36.6 Å². The van der Waals surface area contributed by atoms with Crippen molar-refractivity contribution in [2.75, 3.05) is 19.0 Å². The SMILES string of the molecule is COc1cccc2c1NCC1(CCCCC1)O2. The van der Waals surface area contributed by atoms with Gasteiger partial charge >= 0.3 is 0 Å². The van der Waals surface area contributed by atoms with Crippen molar-refractivity contribution < 1.29 is 9.47 Å². The summed E-state index contributed by atoms with van der Waals surface area (Å²) >= 11 is 0. The third-order valence-electron chi connectivity index (χ3n) is 3.89. The molecule has 1 saturated carbocycles. The topological polar surface area (TPSA) is 30.5 Å². The molecule has 1 spiro atoms. The highest BCUT2D eigenvalue weighted by Gasteiger charge is 2.38. The fourth-order valence-corrected chi connectivity index (χ4v) is 2.93. The molecule has 2 aliphatic rings. The summed E-state index contributed by atoms with van der Waals surface area (Å²) < 4.78 is 11.6. The van der Waals surface area contributed by atoms with Crippen molar-refractivity contribution >= 4 is 5.69 Å². The lowest BCUT2D eigenvalue weighted by atomic mass is 9.83. The van der Waals surface area contributed by atoms with Gasteiger partial charge in [0.2, 0.25) is 0 Å². The van der Waals surface area contributed by atoms with E-state index in [1.807, 2.05) is 18.2 Å². The Kier molecular flexibility index (Phi) is 2.61. The predicted octanol–water partition coefficient (Wildman–Crippen LogP) is 3.20. The summed E-state index contributed by atoms with van der Waals surface area (Å²) in [7, 11) is 1.70. The van der Waals surface area contributed by atoms with Crippen LogP contribution in [0.3, 0.4) is 0 Å². The van der Waals surface area contributed by atoms with Crippen molar-refractivity contribution in [1.29, 1.82) is 0 Å². The molecule has 3 heteroatoms. The summed E-state index contributed by atoms with van der Waals surface area (Å²) in [4.78, 5) is 0. The van der Waals surface area contributed by atoms with Crippen LogP contribution >= 0.6 is 0 Å². The molecular weight excluding hydrogens is 214 g/mol. The summed E-state index contributed by atoms with van der Waals surface area (Å²) in [6.45, 7) is 0.903. The fourth-order valence-electron chi connectivity index (χ4n) is 2.93. The number of hydrogen-bond donors (Lipinski definition) is 1. The van der Waals surface area contributed by atoms with Crippen LogP contribution in [0.15, 0.2) is 18.2 Å². The second-order valence-corrected chi connectivity index (χ2v) is 5.03.